The molecule has 2 nitrogen and oxygen atoms in total. The zero-order valence-corrected chi connectivity index (χ0v) is 9.56. The zero-order chi connectivity index (χ0) is 9.19. The van der Waals surface area contributed by atoms with Crippen molar-refractivity contribution in [1.82, 2.24) is 4.98 Å². The Balaban J connectivity index is 2.45. The maximum Gasteiger partial charge on any atom is 0.198 e. The van der Waals surface area contributed by atoms with Gasteiger partial charge in [-0.05, 0) is 18.1 Å². The van der Waals surface area contributed by atoms with Crippen molar-refractivity contribution in [2.24, 2.45) is 5.40 Å². The summed E-state index contributed by atoms with van der Waals surface area (Å²) in [5.41, 5.74) is 0.819. The lowest BCUT2D eigenvalue weighted by Crippen LogP contribution is -2.61. The predicted octanol–water partition coefficient (Wildman–Crippen LogP) is 1.96. The Labute approximate surface area is 77.1 Å². The maximum absolute atomic E-state index is 6.35. The first-order valence-corrected chi connectivity index (χ1v) is 7.74. The predicted molar refractivity (Wildman–Crippen MR) is 56.3 cm³/mol. The van der Waals surface area contributed by atoms with Crippen molar-refractivity contribution >= 4 is 8.40 Å². The SMILES string of the molecule is CC(C)N[Si](C)(N)C1CCCC1. The molecule has 1 saturated carbocycles. The van der Waals surface area contributed by atoms with E-state index in [0.29, 0.717) is 6.04 Å². The van der Waals surface area contributed by atoms with Crippen molar-refractivity contribution in [3.05, 3.63) is 0 Å². The summed E-state index contributed by atoms with van der Waals surface area (Å²) in [6.45, 7) is 6.64. The molecule has 1 fully saturated rings. The van der Waals surface area contributed by atoms with Gasteiger partial charge in [0.05, 0.1) is 0 Å². The molecule has 0 aromatic carbocycles. The van der Waals surface area contributed by atoms with E-state index in [-0.39, 0.29) is 0 Å². The summed E-state index contributed by atoms with van der Waals surface area (Å²) < 4.78 is 0. The van der Waals surface area contributed by atoms with Gasteiger partial charge in [0.1, 0.15) is 0 Å². The highest BCUT2D eigenvalue weighted by molar-refractivity contribution is 6.74. The van der Waals surface area contributed by atoms with Crippen LogP contribution < -0.4 is 10.4 Å². The summed E-state index contributed by atoms with van der Waals surface area (Å²) in [5, 5.41) is 6.35. The van der Waals surface area contributed by atoms with E-state index in [1.807, 2.05) is 0 Å². The molecule has 72 valence electrons. The molecule has 0 saturated heterocycles. The normalized spacial score (nSPS) is 24.8. The van der Waals surface area contributed by atoms with Crippen LogP contribution >= 0.6 is 0 Å². The summed E-state index contributed by atoms with van der Waals surface area (Å²) >= 11 is 0. The fourth-order valence-electron chi connectivity index (χ4n) is 2.27. The van der Waals surface area contributed by atoms with Crippen molar-refractivity contribution in [3.8, 4) is 0 Å². The van der Waals surface area contributed by atoms with Crippen LogP contribution in [0, 0.1) is 0 Å². The van der Waals surface area contributed by atoms with E-state index in [1.165, 1.54) is 25.7 Å². The van der Waals surface area contributed by atoms with Gasteiger partial charge in [-0.25, -0.2) is 0 Å². The minimum Gasteiger partial charge on any atom is -0.339 e. The van der Waals surface area contributed by atoms with Crippen LogP contribution in [-0.2, 0) is 0 Å². The number of hydrogen-bond acceptors (Lipinski definition) is 2. The average Bonchev–Trinajstić information content (AvgIpc) is 2.32. The monoisotopic (exact) mass is 186 g/mol. The second-order valence-corrected chi connectivity index (χ2v) is 8.23. The van der Waals surface area contributed by atoms with Crippen LogP contribution in [0.5, 0.6) is 0 Å². The molecule has 1 aliphatic rings. The van der Waals surface area contributed by atoms with E-state index in [2.05, 4.69) is 25.4 Å². The Morgan fingerprint density at radius 1 is 1.33 bits per heavy atom. The molecule has 1 aliphatic carbocycles. The van der Waals surface area contributed by atoms with E-state index < -0.39 is 8.40 Å². The lowest BCUT2D eigenvalue weighted by atomic mass is 10.4. The van der Waals surface area contributed by atoms with Gasteiger partial charge in [0, 0.05) is 0 Å². The van der Waals surface area contributed by atoms with Crippen LogP contribution in [0.4, 0.5) is 0 Å². The summed E-state index contributed by atoms with van der Waals surface area (Å²) in [6, 6.07) is 0.548. The number of rotatable bonds is 3. The van der Waals surface area contributed by atoms with E-state index in [1.54, 1.807) is 0 Å². The van der Waals surface area contributed by atoms with Crippen molar-refractivity contribution in [1.29, 1.82) is 0 Å². The molecule has 3 N–H and O–H groups in total. The molecule has 0 amide bonds. The lowest BCUT2D eigenvalue weighted by Gasteiger charge is -2.31. The van der Waals surface area contributed by atoms with E-state index in [4.69, 9.17) is 5.40 Å². The van der Waals surface area contributed by atoms with Crippen LogP contribution in [0.1, 0.15) is 39.5 Å². The van der Waals surface area contributed by atoms with Gasteiger partial charge in [0.15, 0.2) is 8.40 Å². The van der Waals surface area contributed by atoms with E-state index >= 15 is 0 Å². The summed E-state index contributed by atoms with van der Waals surface area (Å²) in [5.74, 6) is 0. The van der Waals surface area contributed by atoms with Crippen molar-refractivity contribution < 1.29 is 0 Å². The van der Waals surface area contributed by atoms with Crippen LogP contribution in [-0.4, -0.2) is 14.4 Å². The highest BCUT2D eigenvalue weighted by Crippen LogP contribution is 2.34. The average molecular weight is 186 g/mol. The van der Waals surface area contributed by atoms with Gasteiger partial charge < -0.3 is 10.4 Å². The highest BCUT2D eigenvalue weighted by atomic mass is 28.3. The Hall–Kier alpha value is 0.137. The zero-order valence-electron chi connectivity index (χ0n) is 8.56. The number of hydrogen-bond donors (Lipinski definition) is 2. The van der Waals surface area contributed by atoms with Crippen LogP contribution in [0.15, 0.2) is 0 Å². The fraction of sp³-hybridized carbons (Fsp3) is 1.00. The first-order valence-electron chi connectivity index (χ1n) is 5.09. The first-order chi connectivity index (χ1) is 5.52. The van der Waals surface area contributed by atoms with Crippen LogP contribution in [0.25, 0.3) is 0 Å². The van der Waals surface area contributed by atoms with Gasteiger partial charge in [-0.15, -0.1) is 0 Å². The van der Waals surface area contributed by atoms with Gasteiger partial charge in [-0.1, -0.05) is 39.5 Å². The standard InChI is InChI=1S/C9H22N2Si/c1-8(2)11-12(3,10)9-6-4-5-7-9/h8-9,11H,4-7,10H2,1-3H3. The van der Waals surface area contributed by atoms with E-state index in [0.717, 1.165) is 5.54 Å². The topological polar surface area (TPSA) is 38.0 Å². The minimum absolute atomic E-state index is 0.548. The van der Waals surface area contributed by atoms with Crippen molar-refractivity contribution in [2.45, 2.75) is 57.7 Å². The smallest absolute Gasteiger partial charge is 0.198 e. The Morgan fingerprint density at radius 3 is 2.25 bits per heavy atom. The second kappa shape index (κ2) is 3.90. The summed E-state index contributed by atoms with van der Waals surface area (Å²) in [4.78, 5) is 3.58. The maximum atomic E-state index is 6.35. The van der Waals surface area contributed by atoms with Gasteiger partial charge in [-0.3, -0.25) is 0 Å². The minimum atomic E-state index is -1.58. The molecule has 0 spiro atoms. The lowest BCUT2D eigenvalue weighted by molar-refractivity contribution is 0.689. The largest absolute Gasteiger partial charge is 0.339 e. The Morgan fingerprint density at radius 2 is 1.83 bits per heavy atom. The molecule has 0 radical (unpaired) electrons. The van der Waals surface area contributed by atoms with Gasteiger partial charge >= 0.3 is 0 Å². The third kappa shape index (κ3) is 2.57. The Kier molecular flexibility index (Phi) is 3.32. The van der Waals surface area contributed by atoms with Crippen LogP contribution in [0.3, 0.4) is 0 Å². The molecule has 0 bridgehead atoms. The second-order valence-electron chi connectivity index (χ2n) is 4.56. The molecule has 12 heavy (non-hydrogen) atoms. The number of nitrogens with one attached hydrogen (secondary N) is 1. The highest BCUT2D eigenvalue weighted by Gasteiger charge is 2.35. The van der Waals surface area contributed by atoms with Crippen molar-refractivity contribution in [2.75, 3.05) is 0 Å². The molecule has 0 aliphatic heterocycles. The first kappa shape index (κ1) is 10.2. The van der Waals surface area contributed by atoms with Crippen molar-refractivity contribution in [3.63, 3.8) is 0 Å². The van der Waals surface area contributed by atoms with Gasteiger partial charge in [0.2, 0.25) is 0 Å². The Bertz CT molecular complexity index is 139. The van der Waals surface area contributed by atoms with Gasteiger partial charge in [0.25, 0.3) is 0 Å². The molecule has 3 heteroatoms. The molecule has 1 unspecified atom stereocenters. The number of nitrogens with two attached hydrogens (primary N) is 1. The molecule has 1 rings (SSSR count). The molecular formula is C9H22N2Si. The summed E-state index contributed by atoms with van der Waals surface area (Å²) in [6.07, 6.45) is 5.51. The quantitative estimate of drug-likeness (QED) is 0.661. The fourth-order valence-corrected chi connectivity index (χ4v) is 5.35. The van der Waals surface area contributed by atoms with E-state index in [9.17, 15) is 0 Å². The molecule has 0 aromatic rings. The molecular weight excluding hydrogens is 164 g/mol. The third-order valence-corrected chi connectivity index (χ3v) is 6.28. The van der Waals surface area contributed by atoms with Gasteiger partial charge in [-0.2, -0.15) is 0 Å². The molecule has 1 atom stereocenters. The van der Waals surface area contributed by atoms with Crippen LogP contribution in [0.2, 0.25) is 12.1 Å². The third-order valence-electron chi connectivity index (χ3n) is 2.80. The molecule has 0 aromatic heterocycles. The summed E-state index contributed by atoms with van der Waals surface area (Å²) in [7, 11) is -1.58. The molecule has 0 heterocycles.